The summed E-state index contributed by atoms with van der Waals surface area (Å²) in [6.07, 6.45) is 3.08. The van der Waals surface area contributed by atoms with Gasteiger partial charge in [-0.3, -0.25) is 14.4 Å². The maximum Gasteiger partial charge on any atom is 0.262 e. The molecule has 2 N–H and O–H groups in total. The highest BCUT2D eigenvalue weighted by atomic mass is 32.2. The SMILES string of the molecule is COc1ccc(Oc2ccc(NS(=O)(=O)c3cccc4cnccc34)c(NS(=O)(=O)c3ccc(C)cc3)c2)cc1. The van der Waals surface area contributed by atoms with E-state index in [1.165, 1.54) is 36.5 Å². The zero-order valence-corrected chi connectivity index (χ0v) is 23.2. The van der Waals surface area contributed by atoms with Gasteiger partial charge in [-0.1, -0.05) is 29.8 Å². The molecule has 4 aromatic carbocycles. The minimum atomic E-state index is -4.14. The molecule has 0 fully saturated rings. The Bertz CT molecular complexity index is 1890. The number of hydrogen-bond acceptors (Lipinski definition) is 7. The monoisotopic (exact) mass is 575 g/mol. The lowest BCUT2D eigenvalue weighted by atomic mass is 10.2. The van der Waals surface area contributed by atoms with E-state index in [2.05, 4.69) is 14.4 Å². The predicted molar refractivity (Wildman–Crippen MR) is 154 cm³/mol. The van der Waals surface area contributed by atoms with Crippen LogP contribution in [0.1, 0.15) is 5.56 Å². The number of rotatable bonds is 9. The first-order chi connectivity index (χ1) is 19.1. The maximum absolute atomic E-state index is 13.5. The van der Waals surface area contributed by atoms with Gasteiger partial charge in [-0.15, -0.1) is 0 Å². The van der Waals surface area contributed by atoms with Gasteiger partial charge in [0.25, 0.3) is 20.0 Å². The van der Waals surface area contributed by atoms with E-state index in [9.17, 15) is 16.8 Å². The van der Waals surface area contributed by atoms with Crippen molar-refractivity contribution in [1.29, 1.82) is 0 Å². The molecule has 0 radical (unpaired) electrons. The molecule has 11 heteroatoms. The second-order valence-corrected chi connectivity index (χ2v) is 12.2. The number of nitrogens with zero attached hydrogens (tertiary/aromatic N) is 1. The van der Waals surface area contributed by atoms with E-state index >= 15 is 0 Å². The average molecular weight is 576 g/mol. The van der Waals surface area contributed by atoms with Crippen LogP contribution in [-0.4, -0.2) is 28.9 Å². The number of pyridine rings is 1. The topological polar surface area (TPSA) is 124 Å². The van der Waals surface area contributed by atoms with Crippen LogP contribution in [-0.2, 0) is 20.0 Å². The van der Waals surface area contributed by atoms with Crippen molar-refractivity contribution in [3.05, 3.63) is 109 Å². The van der Waals surface area contributed by atoms with Gasteiger partial charge in [-0.2, -0.15) is 0 Å². The Morgan fingerprint density at radius 1 is 0.700 bits per heavy atom. The second-order valence-electron chi connectivity index (χ2n) is 8.86. The first-order valence-electron chi connectivity index (χ1n) is 12.1. The molecule has 1 heterocycles. The number of benzene rings is 4. The largest absolute Gasteiger partial charge is 0.497 e. The van der Waals surface area contributed by atoms with E-state index < -0.39 is 20.0 Å². The van der Waals surface area contributed by atoms with Gasteiger partial charge in [-0.25, -0.2) is 16.8 Å². The van der Waals surface area contributed by atoms with Crippen molar-refractivity contribution < 1.29 is 26.3 Å². The molecule has 40 heavy (non-hydrogen) atoms. The molecule has 0 spiro atoms. The van der Waals surface area contributed by atoms with Gasteiger partial charge in [0.05, 0.1) is 28.3 Å². The highest BCUT2D eigenvalue weighted by molar-refractivity contribution is 7.93. The van der Waals surface area contributed by atoms with E-state index in [1.807, 2.05) is 6.92 Å². The molecule has 0 saturated heterocycles. The van der Waals surface area contributed by atoms with Crippen molar-refractivity contribution in [2.24, 2.45) is 0 Å². The Hall–Kier alpha value is -4.61. The van der Waals surface area contributed by atoms with Crippen molar-refractivity contribution in [3.63, 3.8) is 0 Å². The third kappa shape index (κ3) is 5.85. The molecule has 0 unspecified atom stereocenters. The van der Waals surface area contributed by atoms with Gasteiger partial charge in [0.1, 0.15) is 17.2 Å². The lowest BCUT2D eigenvalue weighted by molar-refractivity contribution is 0.413. The Morgan fingerprint density at radius 2 is 1.38 bits per heavy atom. The molecule has 9 nitrogen and oxygen atoms in total. The zero-order chi connectivity index (χ0) is 28.3. The molecule has 5 rings (SSSR count). The number of anilines is 2. The normalized spacial score (nSPS) is 11.7. The highest BCUT2D eigenvalue weighted by Gasteiger charge is 2.22. The molecular formula is C29H25N3O6S2. The number of sulfonamides is 2. The summed E-state index contributed by atoms with van der Waals surface area (Å²) in [6.45, 7) is 1.85. The number of aryl methyl sites for hydroxylation is 1. The van der Waals surface area contributed by atoms with Gasteiger partial charge in [-0.05, 0) is 67.6 Å². The molecule has 204 valence electrons. The van der Waals surface area contributed by atoms with Crippen LogP contribution in [0.2, 0.25) is 0 Å². The first-order valence-corrected chi connectivity index (χ1v) is 15.0. The van der Waals surface area contributed by atoms with Crippen LogP contribution >= 0.6 is 0 Å². The summed E-state index contributed by atoms with van der Waals surface area (Å²) in [5, 5.41) is 1.13. The fourth-order valence-electron chi connectivity index (χ4n) is 3.99. The third-order valence-corrected chi connectivity index (χ3v) is 8.84. The first kappa shape index (κ1) is 27.0. The molecule has 0 amide bonds. The summed E-state index contributed by atoms with van der Waals surface area (Å²) in [7, 11) is -6.65. The molecule has 0 aliphatic heterocycles. The van der Waals surface area contributed by atoms with Gasteiger partial charge in [0.2, 0.25) is 0 Å². The predicted octanol–water partition coefficient (Wildman–Crippen LogP) is 5.95. The summed E-state index contributed by atoms with van der Waals surface area (Å²) >= 11 is 0. The van der Waals surface area contributed by atoms with Crippen molar-refractivity contribution >= 4 is 42.2 Å². The number of hydrogen-bond donors (Lipinski definition) is 2. The van der Waals surface area contributed by atoms with E-state index in [1.54, 1.807) is 74.0 Å². The Balaban J connectivity index is 1.54. The van der Waals surface area contributed by atoms with E-state index in [0.29, 0.717) is 22.3 Å². The zero-order valence-electron chi connectivity index (χ0n) is 21.5. The molecule has 0 aliphatic rings. The molecule has 0 bridgehead atoms. The third-order valence-electron chi connectivity index (χ3n) is 6.04. The summed E-state index contributed by atoms with van der Waals surface area (Å²) in [4.78, 5) is 4.10. The fraction of sp³-hybridized carbons (Fsp3) is 0.0690. The van der Waals surface area contributed by atoms with E-state index in [-0.39, 0.29) is 26.9 Å². The number of aromatic nitrogens is 1. The Kier molecular flexibility index (Phi) is 7.33. The van der Waals surface area contributed by atoms with Gasteiger partial charge in [0, 0.05) is 29.2 Å². The van der Waals surface area contributed by atoms with Crippen LogP contribution in [0, 0.1) is 6.92 Å². The lowest BCUT2D eigenvalue weighted by Crippen LogP contribution is -2.18. The van der Waals surface area contributed by atoms with Crippen LogP contribution < -0.4 is 18.9 Å². The van der Waals surface area contributed by atoms with E-state index in [0.717, 1.165) is 5.56 Å². The minimum absolute atomic E-state index is 0.0166. The minimum Gasteiger partial charge on any atom is -0.497 e. The van der Waals surface area contributed by atoms with Crippen LogP contribution in [0.3, 0.4) is 0 Å². The van der Waals surface area contributed by atoms with Crippen LogP contribution in [0.15, 0.2) is 113 Å². The number of ether oxygens (including phenoxy) is 2. The molecule has 0 aliphatic carbocycles. The standard InChI is InChI=1S/C29H25N3O6S2/c1-20-6-13-25(14-7-20)39(33,34)32-28-18-24(38-23-10-8-22(37-2)9-11-23)12-15-27(28)31-40(35,36)29-5-3-4-21-19-30-17-16-26(21)29/h3-19,31-32H,1-2H3. The van der Waals surface area contributed by atoms with Crippen LogP contribution in [0.5, 0.6) is 17.2 Å². The lowest BCUT2D eigenvalue weighted by Gasteiger charge is -2.17. The Morgan fingerprint density at radius 3 is 2.10 bits per heavy atom. The maximum atomic E-state index is 13.5. The average Bonchev–Trinajstić information content (AvgIpc) is 2.94. The molecule has 0 saturated carbocycles. The number of fused-ring (bicyclic) bond motifs is 1. The smallest absolute Gasteiger partial charge is 0.262 e. The van der Waals surface area contributed by atoms with Crippen LogP contribution in [0.4, 0.5) is 11.4 Å². The van der Waals surface area contributed by atoms with E-state index in [4.69, 9.17) is 9.47 Å². The number of methoxy groups -OCH3 is 1. The quantitative estimate of drug-likeness (QED) is 0.223. The van der Waals surface area contributed by atoms with Gasteiger partial charge in [0.15, 0.2) is 0 Å². The van der Waals surface area contributed by atoms with Crippen molar-refractivity contribution in [3.8, 4) is 17.2 Å². The Labute approximate surface area is 232 Å². The van der Waals surface area contributed by atoms with Gasteiger partial charge < -0.3 is 9.47 Å². The van der Waals surface area contributed by atoms with Crippen molar-refractivity contribution in [2.45, 2.75) is 16.7 Å². The van der Waals surface area contributed by atoms with Crippen LogP contribution in [0.25, 0.3) is 10.8 Å². The summed E-state index contributed by atoms with van der Waals surface area (Å²) < 4.78 is 69.7. The highest BCUT2D eigenvalue weighted by Crippen LogP contribution is 2.34. The summed E-state index contributed by atoms with van der Waals surface area (Å²) in [5.74, 6) is 1.41. The van der Waals surface area contributed by atoms with Crippen molar-refractivity contribution in [2.75, 3.05) is 16.6 Å². The summed E-state index contributed by atoms with van der Waals surface area (Å²) in [5.41, 5.74) is 0.897. The van der Waals surface area contributed by atoms with Crippen molar-refractivity contribution in [1.82, 2.24) is 4.98 Å². The molecule has 5 aromatic rings. The molecular weight excluding hydrogens is 550 g/mol. The second kappa shape index (κ2) is 10.9. The van der Waals surface area contributed by atoms with Gasteiger partial charge >= 0.3 is 0 Å². The molecule has 1 aromatic heterocycles. The fourth-order valence-corrected chi connectivity index (χ4v) is 6.37. The number of nitrogens with one attached hydrogen (secondary N) is 2. The summed E-state index contributed by atoms with van der Waals surface area (Å²) in [6, 6.07) is 24.0. The molecule has 0 atom stereocenters.